The first-order valence-electron chi connectivity index (χ1n) is 7.23. The fourth-order valence-corrected chi connectivity index (χ4v) is 2.69. The third kappa shape index (κ3) is 4.51. The first-order valence-corrected chi connectivity index (χ1v) is 7.23. The Balaban J connectivity index is 1.83. The zero-order valence-corrected chi connectivity index (χ0v) is 12.0. The van der Waals surface area contributed by atoms with Crippen LogP contribution in [0.15, 0.2) is 24.3 Å². The highest BCUT2D eigenvalue weighted by Crippen LogP contribution is 2.20. The van der Waals surface area contributed by atoms with Gasteiger partial charge in [-0.25, -0.2) is 0 Å². The molecule has 0 bridgehead atoms. The van der Waals surface area contributed by atoms with Crippen LogP contribution in [-0.2, 0) is 11.2 Å². The Morgan fingerprint density at radius 2 is 2.37 bits per heavy atom. The zero-order chi connectivity index (χ0) is 13.5. The van der Waals surface area contributed by atoms with E-state index in [4.69, 9.17) is 9.47 Å². The van der Waals surface area contributed by atoms with E-state index in [9.17, 15) is 0 Å². The molecule has 3 heteroatoms. The molecule has 2 atom stereocenters. The highest BCUT2D eigenvalue weighted by atomic mass is 16.5. The number of rotatable bonds is 7. The molecule has 0 aliphatic carbocycles. The largest absolute Gasteiger partial charge is 0.497 e. The maximum atomic E-state index is 5.69. The summed E-state index contributed by atoms with van der Waals surface area (Å²) in [5.74, 6) is 0.937. The van der Waals surface area contributed by atoms with Gasteiger partial charge in [0.25, 0.3) is 0 Å². The lowest BCUT2D eigenvalue weighted by atomic mass is 9.99. The molecule has 0 amide bonds. The molecule has 0 radical (unpaired) electrons. The van der Waals surface area contributed by atoms with Crippen molar-refractivity contribution in [3.05, 3.63) is 29.8 Å². The molecule has 2 rings (SSSR count). The minimum Gasteiger partial charge on any atom is -0.497 e. The van der Waals surface area contributed by atoms with Gasteiger partial charge in [0.2, 0.25) is 0 Å². The molecule has 1 aliphatic rings. The summed E-state index contributed by atoms with van der Waals surface area (Å²) in [6.07, 6.45) is 6.32. The fourth-order valence-electron chi connectivity index (χ4n) is 2.69. The molecule has 1 fully saturated rings. The van der Waals surface area contributed by atoms with E-state index in [-0.39, 0.29) is 0 Å². The summed E-state index contributed by atoms with van der Waals surface area (Å²) >= 11 is 0. The van der Waals surface area contributed by atoms with Gasteiger partial charge >= 0.3 is 0 Å². The zero-order valence-electron chi connectivity index (χ0n) is 12.0. The average molecular weight is 263 g/mol. The van der Waals surface area contributed by atoms with Crippen LogP contribution in [0.5, 0.6) is 5.75 Å². The molecule has 1 aliphatic heterocycles. The summed E-state index contributed by atoms with van der Waals surface area (Å²) in [7, 11) is 3.76. The highest BCUT2D eigenvalue weighted by Gasteiger charge is 2.17. The topological polar surface area (TPSA) is 30.5 Å². The molecule has 0 spiro atoms. The summed E-state index contributed by atoms with van der Waals surface area (Å²) in [5, 5.41) is 3.42. The molecular weight excluding hydrogens is 238 g/mol. The number of hydrogen-bond acceptors (Lipinski definition) is 3. The van der Waals surface area contributed by atoms with Gasteiger partial charge in [-0.05, 0) is 56.8 Å². The van der Waals surface area contributed by atoms with Crippen LogP contribution in [-0.4, -0.2) is 32.9 Å². The van der Waals surface area contributed by atoms with Gasteiger partial charge in [-0.2, -0.15) is 0 Å². The summed E-state index contributed by atoms with van der Waals surface area (Å²) in [4.78, 5) is 0. The van der Waals surface area contributed by atoms with Gasteiger partial charge in [0.05, 0.1) is 13.2 Å². The molecule has 0 saturated carbocycles. The Hall–Kier alpha value is -1.06. The van der Waals surface area contributed by atoms with Gasteiger partial charge in [-0.1, -0.05) is 12.1 Å². The standard InChI is InChI=1S/C16H25NO2/c1-17-14(8-9-15-7-4-10-19-15)11-13-5-3-6-16(12-13)18-2/h3,5-6,12,14-15,17H,4,7-11H2,1-2H3. The smallest absolute Gasteiger partial charge is 0.119 e. The van der Waals surface area contributed by atoms with Gasteiger partial charge in [0.15, 0.2) is 0 Å². The number of benzene rings is 1. The summed E-state index contributed by atoms with van der Waals surface area (Å²) in [5.41, 5.74) is 1.33. The van der Waals surface area contributed by atoms with E-state index in [1.807, 2.05) is 13.1 Å². The number of hydrogen-bond donors (Lipinski definition) is 1. The van der Waals surface area contributed by atoms with Crippen molar-refractivity contribution in [1.82, 2.24) is 5.32 Å². The van der Waals surface area contributed by atoms with Crippen LogP contribution in [0.1, 0.15) is 31.2 Å². The molecular formula is C16H25NO2. The molecule has 2 unspecified atom stereocenters. The van der Waals surface area contributed by atoms with Crippen molar-refractivity contribution in [2.24, 2.45) is 0 Å². The lowest BCUT2D eigenvalue weighted by molar-refractivity contribution is 0.0998. The second-order valence-electron chi connectivity index (χ2n) is 5.25. The summed E-state index contributed by atoms with van der Waals surface area (Å²) in [6.45, 7) is 0.949. The second-order valence-corrected chi connectivity index (χ2v) is 5.25. The average Bonchev–Trinajstić information content (AvgIpc) is 2.97. The summed E-state index contributed by atoms with van der Waals surface area (Å²) in [6, 6.07) is 8.84. The van der Waals surface area contributed by atoms with Crippen molar-refractivity contribution in [3.8, 4) is 5.75 Å². The Bertz CT molecular complexity index is 375. The number of ether oxygens (including phenoxy) is 2. The Morgan fingerprint density at radius 3 is 3.05 bits per heavy atom. The van der Waals surface area contributed by atoms with Crippen LogP contribution in [0.4, 0.5) is 0 Å². The van der Waals surface area contributed by atoms with Crippen LogP contribution in [0.25, 0.3) is 0 Å². The third-order valence-electron chi connectivity index (χ3n) is 3.89. The lowest BCUT2D eigenvalue weighted by Gasteiger charge is -2.18. The molecule has 3 nitrogen and oxygen atoms in total. The number of methoxy groups -OCH3 is 1. The van der Waals surface area contributed by atoms with Gasteiger partial charge < -0.3 is 14.8 Å². The van der Waals surface area contributed by atoms with Crippen molar-refractivity contribution < 1.29 is 9.47 Å². The molecule has 1 N–H and O–H groups in total. The van der Waals surface area contributed by atoms with E-state index in [1.165, 1.54) is 24.8 Å². The quantitative estimate of drug-likeness (QED) is 0.820. The Labute approximate surface area is 116 Å². The lowest BCUT2D eigenvalue weighted by Crippen LogP contribution is -2.28. The number of likely N-dealkylation sites (N-methyl/N-ethyl adjacent to an activating group) is 1. The SMILES string of the molecule is CNC(CCC1CCCO1)Cc1cccc(OC)c1. The summed E-state index contributed by atoms with van der Waals surface area (Å²) < 4.78 is 11.0. The van der Waals surface area contributed by atoms with Crippen molar-refractivity contribution in [2.45, 2.75) is 44.2 Å². The van der Waals surface area contributed by atoms with E-state index in [2.05, 4.69) is 23.5 Å². The van der Waals surface area contributed by atoms with Crippen molar-refractivity contribution in [2.75, 3.05) is 20.8 Å². The van der Waals surface area contributed by atoms with Gasteiger partial charge in [-0.3, -0.25) is 0 Å². The monoisotopic (exact) mass is 263 g/mol. The van der Waals surface area contributed by atoms with Gasteiger partial charge in [-0.15, -0.1) is 0 Å². The minimum absolute atomic E-state index is 0.487. The third-order valence-corrected chi connectivity index (χ3v) is 3.89. The van der Waals surface area contributed by atoms with Crippen molar-refractivity contribution >= 4 is 0 Å². The van der Waals surface area contributed by atoms with E-state index in [0.29, 0.717) is 12.1 Å². The molecule has 1 heterocycles. The number of nitrogens with one attached hydrogen (secondary N) is 1. The predicted molar refractivity (Wildman–Crippen MR) is 77.8 cm³/mol. The maximum absolute atomic E-state index is 5.69. The molecule has 0 aromatic heterocycles. The van der Waals surface area contributed by atoms with Crippen molar-refractivity contribution in [1.29, 1.82) is 0 Å². The Morgan fingerprint density at radius 1 is 1.47 bits per heavy atom. The van der Waals surface area contributed by atoms with Gasteiger partial charge in [0, 0.05) is 12.6 Å². The molecule has 106 valence electrons. The van der Waals surface area contributed by atoms with Crippen LogP contribution in [0, 0.1) is 0 Å². The van der Waals surface area contributed by atoms with Crippen molar-refractivity contribution in [3.63, 3.8) is 0 Å². The second kappa shape index (κ2) is 7.51. The highest BCUT2D eigenvalue weighted by molar-refractivity contribution is 5.28. The predicted octanol–water partition coefficient (Wildman–Crippen LogP) is 2.78. The molecule has 1 aromatic carbocycles. The Kier molecular flexibility index (Phi) is 5.67. The van der Waals surface area contributed by atoms with Gasteiger partial charge in [0.1, 0.15) is 5.75 Å². The fraction of sp³-hybridized carbons (Fsp3) is 0.625. The maximum Gasteiger partial charge on any atom is 0.119 e. The van der Waals surface area contributed by atoms with E-state index >= 15 is 0 Å². The molecule has 1 aromatic rings. The minimum atomic E-state index is 0.487. The van der Waals surface area contributed by atoms with Crippen LogP contribution < -0.4 is 10.1 Å². The molecule has 19 heavy (non-hydrogen) atoms. The molecule has 1 saturated heterocycles. The first-order chi connectivity index (χ1) is 9.31. The van der Waals surface area contributed by atoms with Crippen LogP contribution in [0.2, 0.25) is 0 Å². The normalized spacial score (nSPS) is 20.4. The van der Waals surface area contributed by atoms with Crippen LogP contribution >= 0.6 is 0 Å². The van der Waals surface area contributed by atoms with E-state index < -0.39 is 0 Å². The first kappa shape index (κ1) is 14.4. The van der Waals surface area contributed by atoms with E-state index in [0.717, 1.165) is 25.2 Å². The van der Waals surface area contributed by atoms with E-state index in [1.54, 1.807) is 7.11 Å². The van der Waals surface area contributed by atoms with Crippen LogP contribution in [0.3, 0.4) is 0 Å².